The fourth-order valence-electron chi connectivity index (χ4n) is 2.60. The Bertz CT molecular complexity index is 541. The first-order chi connectivity index (χ1) is 8.25. The quantitative estimate of drug-likeness (QED) is 0.860. The first kappa shape index (κ1) is 10.7. The molecule has 1 aromatic heterocycles. The summed E-state index contributed by atoms with van der Waals surface area (Å²) in [4.78, 5) is 4.52. The van der Waals surface area contributed by atoms with Crippen LogP contribution in [0.1, 0.15) is 18.7 Å². The van der Waals surface area contributed by atoms with Crippen molar-refractivity contribution < 1.29 is 4.39 Å². The number of imidazole rings is 1. The van der Waals surface area contributed by atoms with E-state index in [2.05, 4.69) is 10.3 Å². The molecule has 4 heteroatoms. The molecule has 1 atom stereocenters. The zero-order chi connectivity index (χ0) is 11.8. The Morgan fingerprint density at radius 2 is 2.41 bits per heavy atom. The molecule has 1 N–H and O–H groups in total. The van der Waals surface area contributed by atoms with Crippen LogP contribution < -0.4 is 5.32 Å². The predicted molar refractivity (Wildman–Crippen MR) is 65.4 cm³/mol. The summed E-state index contributed by atoms with van der Waals surface area (Å²) in [7, 11) is 1.89. The summed E-state index contributed by atoms with van der Waals surface area (Å²) in [6, 6.07) is 5.56. The minimum absolute atomic E-state index is 0.192. The van der Waals surface area contributed by atoms with E-state index in [1.54, 1.807) is 6.07 Å². The molecule has 3 nitrogen and oxygen atoms in total. The van der Waals surface area contributed by atoms with E-state index in [9.17, 15) is 4.39 Å². The molecular formula is C13H16FN3. The van der Waals surface area contributed by atoms with Gasteiger partial charge < -0.3 is 9.88 Å². The first-order valence-electron chi connectivity index (χ1n) is 6.09. The van der Waals surface area contributed by atoms with Gasteiger partial charge in [0.1, 0.15) is 17.2 Å². The largest absolute Gasteiger partial charge is 0.329 e. The third kappa shape index (κ3) is 1.82. The normalized spacial score (nSPS) is 20.2. The van der Waals surface area contributed by atoms with Crippen molar-refractivity contribution in [3.8, 4) is 0 Å². The number of halogens is 1. The average molecular weight is 233 g/mol. The van der Waals surface area contributed by atoms with Gasteiger partial charge in [-0.05, 0) is 31.5 Å². The summed E-state index contributed by atoms with van der Waals surface area (Å²) >= 11 is 0. The van der Waals surface area contributed by atoms with Crippen LogP contribution in [0.25, 0.3) is 11.0 Å². The van der Waals surface area contributed by atoms with Crippen LogP contribution in [0.4, 0.5) is 4.39 Å². The standard InChI is InChI=1S/C13H16FN3/c1-17-12(8-9-4-3-7-15-9)16-11-6-2-5-10(14)13(11)17/h2,5-6,9,15H,3-4,7-8H2,1H3. The fourth-order valence-corrected chi connectivity index (χ4v) is 2.60. The number of nitrogens with one attached hydrogen (secondary N) is 1. The number of aryl methyl sites for hydroxylation is 1. The highest BCUT2D eigenvalue weighted by molar-refractivity contribution is 5.76. The molecule has 1 saturated heterocycles. The van der Waals surface area contributed by atoms with Gasteiger partial charge in [0.05, 0.1) is 5.52 Å². The highest BCUT2D eigenvalue weighted by Gasteiger charge is 2.18. The Morgan fingerprint density at radius 3 is 3.12 bits per heavy atom. The number of hydrogen-bond acceptors (Lipinski definition) is 2. The molecule has 1 aromatic carbocycles. The molecule has 0 amide bonds. The van der Waals surface area contributed by atoms with E-state index in [-0.39, 0.29) is 5.82 Å². The topological polar surface area (TPSA) is 29.9 Å². The average Bonchev–Trinajstić information content (AvgIpc) is 2.90. The molecule has 1 aliphatic rings. The Morgan fingerprint density at radius 1 is 1.53 bits per heavy atom. The number of fused-ring (bicyclic) bond motifs is 1. The van der Waals surface area contributed by atoms with Gasteiger partial charge in [-0.3, -0.25) is 0 Å². The number of aromatic nitrogens is 2. The molecule has 1 fully saturated rings. The van der Waals surface area contributed by atoms with Gasteiger partial charge in [-0.1, -0.05) is 6.07 Å². The molecule has 1 aliphatic heterocycles. The molecule has 2 heterocycles. The summed E-state index contributed by atoms with van der Waals surface area (Å²) < 4.78 is 15.6. The van der Waals surface area contributed by atoms with Gasteiger partial charge in [0, 0.05) is 19.5 Å². The van der Waals surface area contributed by atoms with Crippen LogP contribution in [0, 0.1) is 5.82 Å². The molecule has 90 valence electrons. The predicted octanol–water partition coefficient (Wildman–Crippen LogP) is 2.01. The second kappa shape index (κ2) is 4.11. The lowest BCUT2D eigenvalue weighted by Crippen LogP contribution is -2.25. The summed E-state index contributed by atoms with van der Waals surface area (Å²) in [6.07, 6.45) is 3.29. The van der Waals surface area contributed by atoms with Gasteiger partial charge >= 0.3 is 0 Å². The van der Waals surface area contributed by atoms with E-state index in [1.807, 2.05) is 17.7 Å². The molecule has 3 rings (SSSR count). The second-order valence-corrected chi connectivity index (χ2v) is 4.69. The Hall–Kier alpha value is -1.42. The van der Waals surface area contributed by atoms with E-state index >= 15 is 0 Å². The SMILES string of the molecule is Cn1c(CC2CCCN2)nc2cccc(F)c21. The van der Waals surface area contributed by atoms with Crippen molar-refractivity contribution in [3.63, 3.8) is 0 Å². The molecule has 2 aromatic rings. The molecule has 17 heavy (non-hydrogen) atoms. The summed E-state index contributed by atoms with van der Waals surface area (Å²) in [5.74, 6) is 0.771. The van der Waals surface area contributed by atoms with Crippen molar-refractivity contribution in [1.29, 1.82) is 0 Å². The van der Waals surface area contributed by atoms with Crippen LogP contribution >= 0.6 is 0 Å². The number of para-hydroxylation sites is 1. The Balaban J connectivity index is 1.99. The molecule has 0 saturated carbocycles. The number of rotatable bonds is 2. The van der Waals surface area contributed by atoms with Crippen molar-refractivity contribution in [3.05, 3.63) is 29.8 Å². The Kier molecular flexibility index (Phi) is 2.59. The lowest BCUT2D eigenvalue weighted by molar-refractivity contribution is 0.572. The van der Waals surface area contributed by atoms with Crippen LogP contribution in [0.2, 0.25) is 0 Å². The maximum atomic E-state index is 13.7. The fraction of sp³-hybridized carbons (Fsp3) is 0.462. The first-order valence-corrected chi connectivity index (χ1v) is 6.09. The molecule has 1 unspecified atom stereocenters. The lowest BCUT2D eigenvalue weighted by atomic mass is 10.1. The van der Waals surface area contributed by atoms with Gasteiger partial charge in [-0.25, -0.2) is 9.37 Å². The van der Waals surface area contributed by atoms with Crippen molar-refractivity contribution in [2.45, 2.75) is 25.3 Å². The van der Waals surface area contributed by atoms with E-state index < -0.39 is 0 Å². The number of hydrogen-bond donors (Lipinski definition) is 1. The zero-order valence-corrected chi connectivity index (χ0v) is 9.91. The van der Waals surface area contributed by atoms with Crippen molar-refractivity contribution in [2.24, 2.45) is 7.05 Å². The Labute approximate surface area is 99.7 Å². The lowest BCUT2D eigenvalue weighted by Gasteiger charge is -2.09. The highest BCUT2D eigenvalue weighted by atomic mass is 19.1. The van der Waals surface area contributed by atoms with E-state index in [4.69, 9.17) is 0 Å². The summed E-state index contributed by atoms with van der Waals surface area (Å²) in [6.45, 7) is 1.09. The molecular weight excluding hydrogens is 217 g/mol. The van der Waals surface area contributed by atoms with Gasteiger partial charge in [0.15, 0.2) is 0 Å². The van der Waals surface area contributed by atoms with Gasteiger partial charge in [0.2, 0.25) is 0 Å². The highest BCUT2D eigenvalue weighted by Crippen LogP contribution is 2.20. The van der Waals surface area contributed by atoms with E-state index in [1.165, 1.54) is 18.9 Å². The van der Waals surface area contributed by atoms with Crippen LogP contribution in [0.5, 0.6) is 0 Å². The molecule has 0 bridgehead atoms. The smallest absolute Gasteiger partial charge is 0.149 e. The maximum absolute atomic E-state index is 13.7. The van der Waals surface area contributed by atoms with Crippen LogP contribution in [0.3, 0.4) is 0 Å². The van der Waals surface area contributed by atoms with Gasteiger partial charge in [-0.15, -0.1) is 0 Å². The minimum Gasteiger partial charge on any atom is -0.329 e. The van der Waals surface area contributed by atoms with Crippen molar-refractivity contribution >= 4 is 11.0 Å². The molecule has 0 aliphatic carbocycles. The summed E-state index contributed by atoms with van der Waals surface area (Å²) in [5.41, 5.74) is 1.36. The van der Waals surface area contributed by atoms with E-state index in [0.717, 1.165) is 24.3 Å². The van der Waals surface area contributed by atoms with Gasteiger partial charge in [-0.2, -0.15) is 0 Å². The minimum atomic E-state index is -0.192. The molecule has 0 spiro atoms. The van der Waals surface area contributed by atoms with Crippen LogP contribution in [0.15, 0.2) is 18.2 Å². The number of nitrogens with zero attached hydrogens (tertiary/aromatic N) is 2. The van der Waals surface area contributed by atoms with Crippen molar-refractivity contribution in [1.82, 2.24) is 14.9 Å². The monoisotopic (exact) mass is 233 g/mol. The van der Waals surface area contributed by atoms with Gasteiger partial charge in [0.25, 0.3) is 0 Å². The summed E-state index contributed by atoms with van der Waals surface area (Å²) in [5, 5.41) is 3.44. The number of benzene rings is 1. The third-order valence-corrected chi connectivity index (χ3v) is 3.53. The second-order valence-electron chi connectivity index (χ2n) is 4.69. The molecule has 0 radical (unpaired) electrons. The zero-order valence-electron chi connectivity index (χ0n) is 9.91. The maximum Gasteiger partial charge on any atom is 0.149 e. The van der Waals surface area contributed by atoms with Crippen LogP contribution in [-0.4, -0.2) is 22.1 Å². The third-order valence-electron chi connectivity index (χ3n) is 3.53. The van der Waals surface area contributed by atoms with Crippen molar-refractivity contribution in [2.75, 3.05) is 6.54 Å². The van der Waals surface area contributed by atoms with E-state index in [0.29, 0.717) is 11.6 Å². The van der Waals surface area contributed by atoms with Crippen LogP contribution in [-0.2, 0) is 13.5 Å².